The summed E-state index contributed by atoms with van der Waals surface area (Å²) in [6, 6.07) is 8.59. The van der Waals surface area contributed by atoms with Crippen LogP contribution in [0.3, 0.4) is 0 Å². The molecule has 1 unspecified atom stereocenters. The maximum Gasteiger partial charge on any atom is 0.271 e. The zero-order valence-corrected chi connectivity index (χ0v) is 24.4. The van der Waals surface area contributed by atoms with E-state index < -0.39 is 17.2 Å². The van der Waals surface area contributed by atoms with Crippen molar-refractivity contribution in [1.82, 2.24) is 29.2 Å². The molecule has 1 atom stereocenters. The SMILES string of the molecule is C=c1nc(-c2ccn(CC(C)C)n2)n(-c2c(CC)cccc2CC)c(=O)c1=C(O)N1CCC(c2ncc(F)cc2F)C1. The Balaban J connectivity index is 1.71. The predicted molar refractivity (Wildman–Crippen MR) is 159 cm³/mol. The first-order valence-electron chi connectivity index (χ1n) is 14.4. The summed E-state index contributed by atoms with van der Waals surface area (Å²) in [5.41, 5.74) is 2.83. The smallest absolute Gasteiger partial charge is 0.271 e. The zero-order valence-electron chi connectivity index (χ0n) is 24.4. The van der Waals surface area contributed by atoms with Gasteiger partial charge in [0.2, 0.25) is 5.88 Å². The summed E-state index contributed by atoms with van der Waals surface area (Å²) in [5, 5.41) is 16.3. The molecule has 4 aromatic rings. The molecular weight excluding hydrogens is 538 g/mol. The third-order valence-corrected chi connectivity index (χ3v) is 7.70. The average molecular weight is 575 g/mol. The van der Waals surface area contributed by atoms with Crippen LogP contribution in [-0.4, -0.2) is 47.4 Å². The van der Waals surface area contributed by atoms with Crippen LogP contribution in [0.15, 0.2) is 47.5 Å². The lowest BCUT2D eigenvalue weighted by Crippen LogP contribution is -2.50. The Morgan fingerprint density at radius 2 is 1.88 bits per heavy atom. The van der Waals surface area contributed by atoms with Crippen LogP contribution in [0.25, 0.3) is 29.7 Å². The Hall–Kier alpha value is -4.34. The van der Waals surface area contributed by atoms with Gasteiger partial charge in [0.1, 0.15) is 22.5 Å². The van der Waals surface area contributed by atoms with Gasteiger partial charge in [0.25, 0.3) is 5.56 Å². The Morgan fingerprint density at radius 3 is 2.52 bits per heavy atom. The van der Waals surface area contributed by atoms with Gasteiger partial charge in [0.05, 0.1) is 22.9 Å². The van der Waals surface area contributed by atoms with Crippen molar-refractivity contribution in [1.29, 1.82) is 0 Å². The second kappa shape index (κ2) is 11.9. The molecule has 220 valence electrons. The molecule has 3 aromatic heterocycles. The minimum atomic E-state index is -0.748. The highest BCUT2D eigenvalue weighted by Crippen LogP contribution is 2.29. The number of para-hydroxylation sites is 1. The number of aromatic nitrogens is 5. The van der Waals surface area contributed by atoms with E-state index in [1.807, 2.05) is 49.0 Å². The van der Waals surface area contributed by atoms with E-state index in [0.29, 0.717) is 49.8 Å². The van der Waals surface area contributed by atoms with Crippen molar-refractivity contribution in [3.63, 3.8) is 0 Å². The molecule has 5 rings (SSSR count). The van der Waals surface area contributed by atoms with E-state index in [9.17, 15) is 18.7 Å². The zero-order chi connectivity index (χ0) is 30.1. The normalized spacial score (nSPS) is 16.0. The molecule has 0 amide bonds. The number of halogens is 2. The lowest BCUT2D eigenvalue weighted by Gasteiger charge is -2.20. The summed E-state index contributed by atoms with van der Waals surface area (Å²) in [6.07, 6.45) is 4.68. The summed E-state index contributed by atoms with van der Waals surface area (Å²) in [5.74, 6) is -1.42. The number of aliphatic hydroxyl groups is 1. The van der Waals surface area contributed by atoms with Gasteiger partial charge in [0, 0.05) is 37.8 Å². The summed E-state index contributed by atoms with van der Waals surface area (Å²) in [7, 11) is 0. The molecule has 1 fully saturated rings. The molecule has 0 saturated carbocycles. The number of nitrogens with zero attached hydrogens (tertiary/aromatic N) is 6. The number of likely N-dealkylation sites (tertiary alicyclic amines) is 1. The largest absolute Gasteiger partial charge is 0.494 e. The topological polar surface area (TPSA) is 89.1 Å². The number of pyridine rings is 1. The van der Waals surface area contributed by atoms with Crippen LogP contribution in [-0.2, 0) is 19.4 Å². The lowest BCUT2D eigenvalue weighted by molar-refractivity contribution is 0.321. The second-order valence-corrected chi connectivity index (χ2v) is 11.1. The fourth-order valence-corrected chi connectivity index (χ4v) is 5.69. The van der Waals surface area contributed by atoms with Gasteiger partial charge in [-0.15, -0.1) is 0 Å². The highest BCUT2D eigenvalue weighted by atomic mass is 19.1. The quantitative estimate of drug-likeness (QED) is 0.341. The van der Waals surface area contributed by atoms with Crippen molar-refractivity contribution in [2.45, 2.75) is 59.4 Å². The first-order valence-corrected chi connectivity index (χ1v) is 14.4. The van der Waals surface area contributed by atoms with E-state index in [-0.39, 0.29) is 34.6 Å². The number of aliphatic hydroxyl groups excluding tert-OH is 1. The van der Waals surface area contributed by atoms with E-state index in [2.05, 4.69) is 25.4 Å². The summed E-state index contributed by atoms with van der Waals surface area (Å²) in [6.45, 7) is 13.6. The van der Waals surface area contributed by atoms with E-state index in [0.717, 1.165) is 29.1 Å². The molecule has 1 saturated heterocycles. The van der Waals surface area contributed by atoms with Crippen molar-refractivity contribution in [3.8, 4) is 17.2 Å². The average Bonchev–Trinajstić information content (AvgIpc) is 3.62. The molecule has 42 heavy (non-hydrogen) atoms. The number of hydrogen-bond acceptors (Lipinski definition) is 6. The van der Waals surface area contributed by atoms with E-state index in [1.54, 1.807) is 9.47 Å². The minimum absolute atomic E-state index is 0.0264. The van der Waals surface area contributed by atoms with Gasteiger partial charge < -0.3 is 10.0 Å². The van der Waals surface area contributed by atoms with Gasteiger partial charge in [-0.1, -0.05) is 52.5 Å². The van der Waals surface area contributed by atoms with Crippen LogP contribution in [0.2, 0.25) is 0 Å². The standard InChI is InChI=1S/C32H36F2N6O2/c1-6-21-9-8-10-22(7-2)29(21)40-30(26-12-14-39(37-26)17-19(3)4)36-20(5)27(32(40)42)31(41)38-13-11-23(18-38)28-25(34)15-24(33)16-35-28/h8-10,12,14-16,19,23,41H,5-7,11,13,17-18H2,1-4H3. The van der Waals surface area contributed by atoms with Crippen LogP contribution in [0.1, 0.15) is 56.9 Å². The monoisotopic (exact) mass is 574 g/mol. The number of benzene rings is 1. The second-order valence-electron chi connectivity index (χ2n) is 11.1. The molecule has 1 aromatic carbocycles. The highest BCUT2D eigenvalue weighted by Gasteiger charge is 2.30. The van der Waals surface area contributed by atoms with Crippen molar-refractivity contribution in [3.05, 3.63) is 92.1 Å². The van der Waals surface area contributed by atoms with Gasteiger partial charge in [-0.05, 0) is 42.4 Å². The van der Waals surface area contributed by atoms with Crippen LogP contribution in [0, 0.1) is 17.6 Å². The van der Waals surface area contributed by atoms with Gasteiger partial charge in [0.15, 0.2) is 5.82 Å². The molecule has 10 heteroatoms. The van der Waals surface area contributed by atoms with E-state index in [1.165, 1.54) is 0 Å². The number of aryl methyl sites for hydroxylation is 2. The van der Waals surface area contributed by atoms with E-state index >= 15 is 0 Å². The lowest BCUT2D eigenvalue weighted by atomic mass is 10.0. The molecule has 4 heterocycles. The van der Waals surface area contributed by atoms with Gasteiger partial charge in [-0.2, -0.15) is 5.10 Å². The van der Waals surface area contributed by atoms with Crippen LogP contribution < -0.4 is 16.1 Å². The predicted octanol–water partition coefficient (Wildman–Crippen LogP) is 4.07. The molecule has 1 aliphatic heterocycles. The fourth-order valence-electron chi connectivity index (χ4n) is 5.69. The highest BCUT2D eigenvalue weighted by molar-refractivity contribution is 5.58. The molecule has 0 bridgehead atoms. The Labute approximate surface area is 243 Å². The molecule has 1 aliphatic rings. The first-order chi connectivity index (χ1) is 20.1. The summed E-state index contributed by atoms with van der Waals surface area (Å²) >= 11 is 0. The van der Waals surface area contributed by atoms with Crippen molar-refractivity contribution in [2.24, 2.45) is 5.92 Å². The minimum Gasteiger partial charge on any atom is -0.494 e. The van der Waals surface area contributed by atoms with Crippen molar-refractivity contribution in [2.75, 3.05) is 13.1 Å². The fraction of sp³-hybridized carbons (Fsp3) is 0.375. The molecule has 8 nitrogen and oxygen atoms in total. The molecule has 1 N–H and O–H groups in total. The Kier molecular flexibility index (Phi) is 8.24. The maximum atomic E-state index is 14.5. The molecular formula is C32H36F2N6O2. The Morgan fingerprint density at radius 1 is 1.17 bits per heavy atom. The summed E-state index contributed by atoms with van der Waals surface area (Å²) in [4.78, 5) is 24.8. The van der Waals surface area contributed by atoms with Gasteiger partial charge in [-0.25, -0.2) is 13.8 Å². The maximum absolute atomic E-state index is 14.5. The third-order valence-electron chi connectivity index (χ3n) is 7.70. The van der Waals surface area contributed by atoms with Gasteiger partial charge >= 0.3 is 0 Å². The molecule has 0 radical (unpaired) electrons. The van der Waals surface area contributed by atoms with Gasteiger partial charge in [-0.3, -0.25) is 19.0 Å². The molecule has 0 spiro atoms. The van der Waals surface area contributed by atoms with Crippen molar-refractivity contribution >= 4 is 12.5 Å². The Bertz CT molecular complexity index is 1770. The van der Waals surface area contributed by atoms with Crippen LogP contribution in [0.5, 0.6) is 0 Å². The summed E-state index contributed by atoms with van der Waals surface area (Å²) < 4.78 is 31.3. The first kappa shape index (κ1) is 29.2. The third kappa shape index (κ3) is 5.45. The van der Waals surface area contributed by atoms with Crippen molar-refractivity contribution < 1.29 is 13.9 Å². The number of hydrogen-bond donors (Lipinski definition) is 1. The number of rotatable bonds is 8. The van der Waals surface area contributed by atoms with Crippen LogP contribution >= 0.6 is 0 Å². The van der Waals surface area contributed by atoms with Crippen LogP contribution in [0.4, 0.5) is 8.78 Å². The molecule has 0 aliphatic carbocycles. The van der Waals surface area contributed by atoms with E-state index in [4.69, 9.17) is 10.1 Å².